The van der Waals surface area contributed by atoms with Crippen LogP contribution in [-0.4, -0.2) is 59.2 Å². The minimum atomic E-state index is -3.24. The molecule has 0 radical (unpaired) electrons. The highest BCUT2D eigenvalue weighted by Crippen LogP contribution is 2.21. The van der Waals surface area contributed by atoms with Gasteiger partial charge in [0.05, 0.1) is 11.2 Å². The molecule has 0 aliphatic carbocycles. The van der Waals surface area contributed by atoms with Gasteiger partial charge < -0.3 is 5.32 Å². The molecule has 0 aliphatic heterocycles. The van der Waals surface area contributed by atoms with Gasteiger partial charge in [0.2, 0.25) is 15.9 Å². The number of hydrogen-bond donors (Lipinski definition) is 1. The molecule has 136 valence electrons. The smallest absolute Gasteiger partial charge is 0.312 e. The summed E-state index contributed by atoms with van der Waals surface area (Å²) in [6.45, 7) is 5.69. The molecule has 0 bridgehead atoms. The quantitative estimate of drug-likeness (QED) is 0.380. The van der Waals surface area contributed by atoms with E-state index in [0.29, 0.717) is 31.7 Å². The van der Waals surface area contributed by atoms with Crippen molar-refractivity contribution in [1.29, 1.82) is 0 Å². The van der Waals surface area contributed by atoms with Crippen molar-refractivity contribution in [2.75, 3.05) is 25.9 Å². The first-order valence-electron chi connectivity index (χ1n) is 7.48. The molecule has 1 heterocycles. The third kappa shape index (κ3) is 5.27. The highest BCUT2D eigenvalue weighted by atomic mass is 32.2. The van der Waals surface area contributed by atoms with Gasteiger partial charge in [-0.15, -0.1) is 0 Å². The summed E-state index contributed by atoms with van der Waals surface area (Å²) in [5.74, 6) is -0.335. The predicted molar refractivity (Wildman–Crippen MR) is 88.1 cm³/mol. The van der Waals surface area contributed by atoms with Crippen LogP contribution in [0.2, 0.25) is 0 Å². The Morgan fingerprint density at radius 2 is 2.04 bits per heavy atom. The van der Waals surface area contributed by atoms with Gasteiger partial charge in [-0.25, -0.2) is 12.7 Å². The first-order valence-corrected chi connectivity index (χ1v) is 9.33. The Bertz CT molecular complexity index is 713. The number of nitrogens with zero attached hydrogens (tertiary/aromatic N) is 4. The molecule has 1 rings (SSSR count). The van der Waals surface area contributed by atoms with E-state index in [9.17, 15) is 23.3 Å². The van der Waals surface area contributed by atoms with Crippen molar-refractivity contribution in [3.8, 4) is 0 Å². The second kappa shape index (κ2) is 8.20. The molecule has 0 aliphatic rings. The zero-order chi connectivity index (χ0) is 18.5. The van der Waals surface area contributed by atoms with Crippen LogP contribution in [0, 0.1) is 24.0 Å². The van der Waals surface area contributed by atoms with E-state index in [1.54, 1.807) is 6.92 Å². The Kier molecular flexibility index (Phi) is 6.84. The van der Waals surface area contributed by atoms with Gasteiger partial charge in [0, 0.05) is 19.6 Å². The summed E-state index contributed by atoms with van der Waals surface area (Å²) < 4.78 is 25.5. The fourth-order valence-electron chi connectivity index (χ4n) is 2.34. The molecule has 0 spiro atoms. The van der Waals surface area contributed by atoms with Gasteiger partial charge in [0.25, 0.3) is 0 Å². The summed E-state index contributed by atoms with van der Waals surface area (Å²) in [6.07, 6.45) is 1.62. The van der Waals surface area contributed by atoms with Crippen LogP contribution in [0.5, 0.6) is 0 Å². The van der Waals surface area contributed by atoms with Crippen LogP contribution in [-0.2, 0) is 21.4 Å². The molecule has 1 amide bonds. The van der Waals surface area contributed by atoms with Crippen LogP contribution in [0.15, 0.2) is 0 Å². The van der Waals surface area contributed by atoms with Crippen molar-refractivity contribution >= 4 is 21.6 Å². The molecule has 0 unspecified atom stereocenters. The Morgan fingerprint density at radius 3 is 2.50 bits per heavy atom. The zero-order valence-corrected chi connectivity index (χ0v) is 15.1. The molecule has 10 nitrogen and oxygen atoms in total. The second-order valence-corrected chi connectivity index (χ2v) is 7.37. The standard InChI is InChI=1S/C13H23N5O5S/c1-5-16(24(4,22)23)8-6-7-14-12(19)9-17-11(3)13(18(20)21)10(2)15-17/h5-9H2,1-4H3,(H,14,19). The van der Waals surface area contributed by atoms with Crippen molar-refractivity contribution in [3.05, 3.63) is 21.5 Å². The Hall–Kier alpha value is -2.01. The number of rotatable bonds is 9. The number of aryl methyl sites for hydroxylation is 1. The number of hydrogen-bond acceptors (Lipinski definition) is 6. The van der Waals surface area contributed by atoms with Crippen LogP contribution in [0.25, 0.3) is 0 Å². The summed E-state index contributed by atoms with van der Waals surface area (Å²) in [6, 6.07) is 0. The maximum absolute atomic E-state index is 11.9. The summed E-state index contributed by atoms with van der Waals surface area (Å²) in [4.78, 5) is 22.3. The lowest BCUT2D eigenvalue weighted by atomic mass is 10.3. The van der Waals surface area contributed by atoms with Crippen molar-refractivity contribution in [2.24, 2.45) is 0 Å². The van der Waals surface area contributed by atoms with Crippen molar-refractivity contribution in [3.63, 3.8) is 0 Å². The lowest BCUT2D eigenvalue weighted by Gasteiger charge is -2.17. The predicted octanol–water partition coefficient (Wildman–Crippen LogP) is 0.196. The molecule has 0 saturated carbocycles. The van der Waals surface area contributed by atoms with Crippen molar-refractivity contribution in [1.82, 2.24) is 19.4 Å². The maximum atomic E-state index is 11.9. The molecule has 11 heteroatoms. The van der Waals surface area contributed by atoms with Gasteiger partial charge in [-0.05, 0) is 20.3 Å². The zero-order valence-electron chi connectivity index (χ0n) is 14.3. The highest BCUT2D eigenvalue weighted by Gasteiger charge is 2.22. The van der Waals surface area contributed by atoms with E-state index in [2.05, 4.69) is 10.4 Å². The average Bonchev–Trinajstić information content (AvgIpc) is 2.71. The monoisotopic (exact) mass is 361 g/mol. The number of sulfonamides is 1. The van der Waals surface area contributed by atoms with E-state index in [-0.39, 0.29) is 23.8 Å². The van der Waals surface area contributed by atoms with Crippen molar-refractivity contribution < 1.29 is 18.1 Å². The number of aromatic nitrogens is 2. The molecular weight excluding hydrogens is 338 g/mol. The van der Waals surface area contributed by atoms with E-state index in [4.69, 9.17) is 0 Å². The van der Waals surface area contributed by atoms with Gasteiger partial charge in [0.15, 0.2) is 0 Å². The fraction of sp³-hybridized carbons (Fsp3) is 0.692. The summed E-state index contributed by atoms with van der Waals surface area (Å²) >= 11 is 0. The first-order chi connectivity index (χ1) is 11.1. The number of amides is 1. The Balaban J connectivity index is 2.51. The first kappa shape index (κ1) is 20.0. The fourth-order valence-corrected chi connectivity index (χ4v) is 3.27. The minimum Gasteiger partial charge on any atom is -0.354 e. The third-order valence-corrected chi connectivity index (χ3v) is 4.93. The molecule has 0 atom stereocenters. The lowest BCUT2D eigenvalue weighted by Crippen LogP contribution is -2.34. The third-order valence-electron chi connectivity index (χ3n) is 3.55. The number of carbonyl (C=O) groups excluding carboxylic acids is 1. The highest BCUT2D eigenvalue weighted by molar-refractivity contribution is 7.88. The molecule has 24 heavy (non-hydrogen) atoms. The molecule has 1 aromatic heterocycles. The van der Waals surface area contributed by atoms with Crippen LogP contribution >= 0.6 is 0 Å². The van der Waals surface area contributed by atoms with Gasteiger partial charge in [-0.1, -0.05) is 6.92 Å². The lowest BCUT2D eigenvalue weighted by molar-refractivity contribution is -0.386. The van der Waals surface area contributed by atoms with E-state index in [1.165, 1.54) is 22.8 Å². The Labute approximate surface area is 141 Å². The molecule has 0 saturated heterocycles. The van der Waals surface area contributed by atoms with E-state index in [1.807, 2.05) is 0 Å². The molecule has 0 fully saturated rings. The van der Waals surface area contributed by atoms with E-state index in [0.717, 1.165) is 6.26 Å². The van der Waals surface area contributed by atoms with Gasteiger partial charge in [-0.3, -0.25) is 19.6 Å². The summed E-state index contributed by atoms with van der Waals surface area (Å²) in [7, 11) is -3.24. The van der Waals surface area contributed by atoms with Crippen molar-refractivity contribution in [2.45, 2.75) is 33.7 Å². The number of nitro groups is 1. The van der Waals surface area contributed by atoms with Gasteiger partial charge in [0.1, 0.15) is 17.9 Å². The number of nitrogens with one attached hydrogen (secondary N) is 1. The van der Waals surface area contributed by atoms with Gasteiger partial charge in [-0.2, -0.15) is 5.10 Å². The van der Waals surface area contributed by atoms with E-state index >= 15 is 0 Å². The maximum Gasteiger partial charge on any atom is 0.312 e. The van der Waals surface area contributed by atoms with Crippen LogP contribution in [0.4, 0.5) is 5.69 Å². The molecule has 1 N–H and O–H groups in total. The molecular formula is C13H23N5O5S. The van der Waals surface area contributed by atoms with Crippen LogP contribution < -0.4 is 5.32 Å². The van der Waals surface area contributed by atoms with Crippen LogP contribution in [0.3, 0.4) is 0 Å². The topological polar surface area (TPSA) is 127 Å². The van der Waals surface area contributed by atoms with Gasteiger partial charge >= 0.3 is 5.69 Å². The largest absolute Gasteiger partial charge is 0.354 e. The average molecular weight is 361 g/mol. The van der Waals surface area contributed by atoms with E-state index < -0.39 is 14.9 Å². The number of carbonyl (C=O) groups is 1. The second-order valence-electron chi connectivity index (χ2n) is 5.39. The normalized spacial score (nSPS) is 11.7. The minimum absolute atomic E-state index is 0.0884. The SMILES string of the molecule is CCN(CCCNC(=O)Cn1nc(C)c([N+](=O)[O-])c1C)S(C)(=O)=O. The summed E-state index contributed by atoms with van der Waals surface area (Å²) in [5, 5.41) is 17.6. The molecule has 0 aromatic carbocycles. The summed E-state index contributed by atoms with van der Waals surface area (Å²) in [5.41, 5.74) is 0.494. The van der Waals surface area contributed by atoms with Crippen LogP contribution in [0.1, 0.15) is 24.7 Å². The molecule has 1 aromatic rings. The Morgan fingerprint density at radius 1 is 1.42 bits per heavy atom.